The largest absolute Gasteiger partial charge is 0.399 e. The number of nitrogen functional groups attached to an aromatic ring is 1. The predicted molar refractivity (Wildman–Crippen MR) is 78.4 cm³/mol. The number of aromatic nitrogens is 1. The standard InChI is InChI=1S/C17H13N2.Ir/c18-16-9-7-13(8-10-16)14-4-3-5-15(12-14)17-6-1-2-11-19-17;/h1-4,6-12H,18H2;/q-1;. The topological polar surface area (TPSA) is 38.9 Å². The molecule has 0 atom stereocenters. The van der Waals surface area contributed by atoms with Crippen LogP contribution in [0.25, 0.3) is 22.4 Å². The summed E-state index contributed by atoms with van der Waals surface area (Å²) >= 11 is 0. The van der Waals surface area contributed by atoms with E-state index in [-0.39, 0.29) is 20.1 Å². The van der Waals surface area contributed by atoms with Crippen molar-refractivity contribution in [2.24, 2.45) is 0 Å². The van der Waals surface area contributed by atoms with Crippen LogP contribution in [-0.4, -0.2) is 4.98 Å². The average molecular weight is 438 g/mol. The third-order valence-electron chi connectivity index (χ3n) is 2.99. The van der Waals surface area contributed by atoms with Gasteiger partial charge in [0.1, 0.15) is 0 Å². The van der Waals surface area contributed by atoms with Gasteiger partial charge in [-0.2, -0.15) is 0 Å². The van der Waals surface area contributed by atoms with Gasteiger partial charge in [-0.15, -0.1) is 35.4 Å². The maximum atomic E-state index is 5.71. The van der Waals surface area contributed by atoms with Gasteiger partial charge >= 0.3 is 0 Å². The van der Waals surface area contributed by atoms with E-state index < -0.39 is 0 Å². The van der Waals surface area contributed by atoms with E-state index in [2.05, 4.69) is 17.1 Å². The second-order valence-electron chi connectivity index (χ2n) is 4.33. The molecule has 0 aliphatic rings. The molecule has 101 valence electrons. The van der Waals surface area contributed by atoms with Crippen molar-refractivity contribution in [2.75, 3.05) is 5.73 Å². The molecule has 20 heavy (non-hydrogen) atoms. The summed E-state index contributed by atoms with van der Waals surface area (Å²) in [6.07, 6.45) is 1.79. The molecule has 3 aromatic rings. The van der Waals surface area contributed by atoms with Gasteiger partial charge < -0.3 is 10.7 Å². The van der Waals surface area contributed by atoms with Crippen molar-refractivity contribution in [3.63, 3.8) is 0 Å². The van der Waals surface area contributed by atoms with E-state index >= 15 is 0 Å². The number of pyridine rings is 1. The van der Waals surface area contributed by atoms with Crippen LogP contribution in [0.1, 0.15) is 0 Å². The fourth-order valence-electron chi connectivity index (χ4n) is 1.99. The normalized spacial score (nSPS) is 9.80. The Kier molecular flexibility index (Phi) is 4.67. The molecule has 0 spiro atoms. The Balaban J connectivity index is 0.00000147. The molecule has 0 unspecified atom stereocenters. The number of hydrogen-bond donors (Lipinski definition) is 1. The number of hydrogen-bond acceptors (Lipinski definition) is 2. The maximum Gasteiger partial charge on any atom is 0.0314 e. The number of nitrogens with two attached hydrogens (primary N) is 1. The zero-order valence-corrected chi connectivity index (χ0v) is 13.1. The van der Waals surface area contributed by atoms with Gasteiger partial charge in [0, 0.05) is 32.0 Å². The Morgan fingerprint density at radius 2 is 1.70 bits per heavy atom. The third kappa shape index (κ3) is 3.13. The average Bonchev–Trinajstić information content (AvgIpc) is 2.49. The molecule has 0 bridgehead atoms. The van der Waals surface area contributed by atoms with Gasteiger partial charge in [0.2, 0.25) is 0 Å². The molecule has 0 aliphatic heterocycles. The van der Waals surface area contributed by atoms with E-state index in [1.807, 2.05) is 54.6 Å². The minimum atomic E-state index is 0. The second-order valence-corrected chi connectivity index (χ2v) is 4.33. The van der Waals surface area contributed by atoms with Gasteiger partial charge in [-0.25, -0.2) is 0 Å². The first kappa shape index (κ1) is 14.4. The molecule has 0 fully saturated rings. The first-order valence-electron chi connectivity index (χ1n) is 6.12. The van der Waals surface area contributed by atoms with Crippen molar-refractivity contribution in [1.82, 2.24) is 4.98 Å². The Labute approximate surface area is 132 Å². The summed E-state index contributed by atoms with van der Waals surface area (Å²) in [5, 5.41) is 0. The van der Waals surface area contributed by atoms with Crippen LogP contribution in [0.5, 0.6) is 0 Å². The molecule has 1 radical (unpaired) electrons. The first-order valence-corrected chi connectivity index (χ1v) is 6.12. The van der Waals surface area contributed by atoms with E-state index in [9.17, 15) is 0 Å². The quantitative estimate of drug-likeness (QED) is 0.489. The second kappa shape index (κ2) is 6.46. The summed E-state index contributed by atoms with van der Waals surface area (Å²) < 4.78 is 0. The van der Waals surface area contributed by atoms with Crippen molar-refractivity contribution in [2.45, 2.75) is 0 Å². The third-order valence-corrected chi connectivity index (χ3v) is 2.99. The minimum absolute atomic E-state index is 0. The van der Waals surface area contributed by atoms with Gasteiger partial charge in [0.25, 0.3) is 0 Å². The smallest absolute Gasteiger partial charge is 0.0314 e. The van der Waals surface area contributed by atoms with Crippen LogP contribution in [0.4, 0.5) is 5.69 Å². The minimum Gasteiger partial charge on any atom is -0.399 e. The molecule has 2 nitrogen and oxygen atoms in total. The van der Waals surface area contributed by atoms with E-state index in [1.165, 1.54) is 0 Å². The van der Waals surface area contributed by atoms with Crippen molar-refractivity contribution in [3.05, 3.63) is 72.9 Å². The number of rotatable bonds is 2. The van der Waals surface area contributed by atoms with Crippen LogP contribution in [0.3, 0.4) is 0 Å². The Morgan fingerprint density at radius 1 is 0.900 bits per heavy atom. The molecule has 0 amide bonds. The van der Waals surface area contributed by atoms with Crippen molar-refractivity contribution in [1.29, 1.82) is 0 Å². The molecular weight excluding hydrogens is 424 g/mol. The summed E-state index contributed by atoms with van der Waals surface area (Å²) in [6, 6.07) is 23.0. The molecule has 2 N–H and O–H groups in total. The van der Waals surface area contributed by atoms with Crippen LogP contribution in [0.15, 0.2) is 66.9 Å². The van der Waals surface area contributed by atoms with Gasteiger partial charge in [-0.05, 0) is 29.5 Å². The molecule has 0 saturated carbocycles. The van der Waals surface area contributed by atoms with Crippen LogP contribution in [-0.2, 0) is 20.1 Å². The van der Waals surface area contributed by atoms with Gasteiger partial charge in [-0.1, -0.05) is 24.3 Å². The Morgan fingerprint density at radius 3 is 2.40 bits per heavy atom. The molecule has 1 aromatic heterocycles. The monoisotopic (exact) mass is 438 g/mol. The molecule has 3 heteroatoms. The Hall–Kier alpha value is -1.96. The fourth-order valence-corrected chi connectivity index (χ4v) is 1.99. The van der Waals surface area contributed by atoms with Crippen molar-refractivity contribution >= 4 is 5.69 Å². The summed E-state index contributed by atoms with van der Waals surface area (Å²) in [5.74, 6) is 0. The fraction of sp³-hybridized carbons (Fsp3) is 0. The van der Waals surface area contributed by atoms with Gasteiger partial charge in [0.05, 0.1) is 0 Å². The first-order chi connectivity index (χ1) is 9.33. The van der Waals surface area contributed by atoms with Gasteiger partial charge in [-0.3, -0.25) is 0 Å². The zero-order chi connectivity index (χ0) is 13.1. The van der Waals surface area contributed by atoms with Gasteiger partial charge in [0.15, 0.2) is 0 Å². The summed E-state index contributed by atoms with van der Waals surface area (Å²) in [4.78, 5) is 4.35. The van der Waals surface area contributed by atoms with E-state index in [0.717, 1.165) is 28.1 Å². The van der Waals surface area contributed by atoms with Crippen LogP contribution < -0.4 is 5.73 Å². The molecule has 0 saturated heterocycles. The number of anilines is 1. The van der Waals surface area contributed by atoms with E-state index in [0.29, 0.717) is 0 Å². The molecule has 1 heterocycles. The maximum absolute atomic E-state index is 5.71. The van der Waals surface area contributed by atoms with Crippen molar-refractivity contribution in [3.8, 4) is 22.4 Å². The molecular formula is C17H13IrN2-. The van der Waals surface area contributed by atoms with E-state index in [1.54, 1.807) is 6.20 Å². The Bertz CT molecular complexity index is 679. The number of benzene rings is 2. The molecule has 2 aromatic carbocycles. The summed E-state index contributed by atoms with van der Waals surface area (Å²) in [6.45, 7) is 0. The number of nitrogens with zero attached hydrogens (tertiary/aromatic N) is 1. The van der Waals surface area contributed by atoms with Crippen LogP contribution >= 0.6 is 0 Å². The molecule has 3 rings (SSSR count). The predicted octanol–water partition coefficient (Wildman–Crippen LogP) is 3.80. The van der Waals surface area contributed by atoms with Crippen LogP contribution in [0.2, 0.25) is 0 Å². The van der Waals surface area contributed by atoms with Crippen LogP contribution in [0, 0.1) is 6.07 Å². The van der Waals surface area contributed by atoms with Crippen molar-refractivity contribution < 1.29 is 20.1 Å². The summed E-state index contributed by atoms with van der Waals surface area (Å²) in [5.41, 5.74) is 10.7. The summed E-state index contributed by atoms with van der Waals surface area (Å²) in [7, 11) is 0. The SMILES string of the molecule is Nc1ccc(-c2cc[c-]c(-c3ccccn3)c2)cc1.[Ir]. The molecule has 0 aliphatic carbocycles. The zero-order valence-electron chi connectivity index (χ0n) is 10.7. The van der Waals surface area contributed by atoms with E-state index in [4.69, 9.17) is 5.73 Å².